The van der Waals surface area contributed by atoms with Gasteiger partial charge >= 0.3 is 6.03 Å². The topological polar surface area (TPSA) is 64.6 Å². The van der Waals surface area contributed by atoms with Crippen LogP contribution < -0.4 is 10.6 Å². The Hall–Kier alpha value is -0.810. The number of nitrogens with zero attached hydrogens (tertiary/aromatic N) is 1. The van der Waals surface area contributed by atoms with Crippen molar-refractivity contribution in [3.05, 3.63) is 0 Å². The van der Waals surface area contributed by atoms with Crippen LogP contribution in [-0.4, -0.2) is 54.9 Å². The third-order valence-electron chi connectivity index (χ3n) is 2.94. The lowest BCUT2D eigenvalue weighted by Gasteiger charge is -2.23. The van der Waals surface area contributed by atoms with Crippen molar-refractivity contribution in [3.8, 4) is 0 Å². The van der Waals surface area contributed by atoms with Crippen LogP contribution in [0.15, 0.2) is 0 Å². The summed E-state index contributed by atoms with van der Waals surface area (Å²) in [6.45, 7) is 8.02. The summed E-state index contributed by atoms with van der Waals surface area (Å²) in [5.41, 5.74) is 0. The summed E-state index contributed by atoms with van der Waals surface area (Å²) in [7, 11) is 2.06. The van der Waals surface area contributed by atoms with Crippen molar-refractivity contribution in [2.45, 2.75) is 45.8 Å². The summed E-state index contributed by atoms with van der Waals surface area (Å²) in [5, 5.41) is 14.5. The number of carbonyl (C=O) groups excluding carboxylic acids is 1. The Morgan fingerprint density at radius 1 is 1.29 bits per heavy atom. The molecule has 2 unspecified atom stereocenters. The maximum Gasteiger partial charge on any atom is 0.314 e. The second kappa shape index (κ2) is 9.24. The molecule has 0 spiro atoms. The van der Waals surface area contributed by atoms with Crippen molar-refractivity contribution in [1.82, 2.24) is 15.5 Å². The van der Waals surface area contributed by atoms with E-state index in [2.05, 4.69) is 36.4 Å². The molecule has 0 aromatic carbocycles. The van der Waals surface area contributed by atoms with E-state index in [1.165, 1.54) is 0 Å². The van der Waals surface area contributed by atoms with Crippen molar-refractivity contribution in [2.75, 3.05) is 26.7 Å². The Morgan fingerprint density at radius 3 is 2.41 bits per heavy atom. The molecule has 102 valence electrons. The van der Waals surface area contributed by atoms with Crippen LogP contribution in [0.1, 0.15) is 33.6 Å². The molecule has 0 aromatic rings. The third kappa shape index (κ3) is 8.94. The quantitative estimate of drug-likeness (QED) is 0.592. The zero-order valence-electron chi connectivity index (χ0n) is 11.5. The number of nitrogens with one attached hydrogen (secondary N) is 2. The van der Waals surface area contributed by atoms with E-state index in [1.54, 1.807) is 6.92 Å². The van der Waals surface area contributed by atoms with Gasteiger partial charge < -0.3 is 20.6 Å². The number of rotatable bonds is 8. The maximum atomic E-state index is 11.3. The SMILES string of the molecule is CCC(C)N(C)CCNC(=O)NCCC(C)O. The minimum atomic E-state index is -0.369. The van der Waals surface area contributed by atoms with Crippen molar-refractivity contribution in [3.63, 3.8) is 0 Å². The van der Waals surface area contributed by atoms with Gasteiger partial charge in [0.25, 0.3) is 0 Å². The second-order valence-electron chi connectivity index (χ2n) is 4.56. The van der Waals surface area contributed by atoms with Crippen molar-refractivity contribution in [1.29, 1.82) is 0 Å². The standard InChI is InChI=1S/C12H27N3O2/c1-5-10(2)15(4)9-8-14-12(17)13-7-6-11(3)16/h10-11,16H,5-9H2,1-4H3,(H2,13,14,17). The summed E-state index contributed by atoms with van der Waals surface area (Å²) >= 11 is 0. The smallest absolute Gasteiger partial charge is 0.314 e. The van der Waals surface area contributed by atoms with E-state index in [1.807, 2.05) is 0 Å². The minimum Gasteiger partial charge on any atom is -0.393 e. The Morgan fingerprint density at radius 2 is 1.88 bits per heavy atom. The van der Waals surface area contributed by atoms with Gasteiger partial charge in [0.1, 0.15) is 0 Å². The van der Waals surface area contributed by atoms with E-state index in [9.17, 15) is 4.79 Å². The van der Waals surface area contributed by atoms with Crippen LogP contribution >= 0.6 is 0 Å². The number of likely N-dealkylation sites (N-methyl/N-ethyl adjacent to an activating group) is 1. The van der Waals surface area contributed by atoms with Crippen LogP contribution in [0.25, 0.3) is 0 Å². The number of hydrogen-bond donors (Lipinski definition) is 3. The highest BCUT2D eigenvalue weighted by Gasteiger charge is 2.06. The second-order valence-corrected chi connectivity index (χ2v) is 4.56. The predicted octanol–water partition coefficient (Wildman–Crippen LogP) is 0.787. The van der Waals surface area contributed by atoms with E-state index < -0.39 is 0 Å². The number of urea groups is 1. The normalized spacial score (nSPS) is 14.5. The molecule has 2 amide bonds. The molecule has 0 saturated heterocycles. The molecule has 0 fully saturated rings. The summed E-state index contributed by atoms with van der Waals surface area (Å²) in [6, 6.07) is 0.373. The lowest BCUT2D eigenvalue weighted by molar-refractivity contribution is 0.183. The fourth-order valence-electron chi connectivity index (χ4n) is 1.33. The average Bonchev–Trinajstić information content (AvgIpc) is 2.27. The molecule has 0 saturated carbocycles. The summed E-state index contributed by atoms with van der Waals surface area (Å²) in [4.78, 5) is 13.5. The Balaban J connectivity index is 3.51. The molecule has 17 heavy (non-hydrogen) atoms. The van der Waals surface area contributed by atoms with E-state index in [0.29, 0.717) is 25.6 Å². The largest absolute Gasteiger partial charge is 0.393 e. The van der Waals surface area contributed by atoms with Gasteiger partial charge in [0, 0.05) is 25.7 Å². The van der Waals surface area contributed by atoms with Crippen LogP contribution in [0.4, 0.5) is 4.79 Å². The molecule has 0 radical (unpaired) electrons. The van der Waals surface area contributed by atoms with E-state index in [0.717, 1.165) is 13.0 Å². The van der Waals surface area contributed by atoms with Crippen LogP contribution in [-0.2, 0) is 0 Å². The molecule has 5 nitrogen and oxygen atoms in total. The number of hydrogen-bond acceptors (Lipinski definition) is 3. The molecule has 0 aromatic heterocycles. The lowest BCUT2D eigenvalue weighted by atomic mass is 10.2. The van der Waals surface area contributed by atoms with Gasteiger partial charge in [-0.3, -0.25) is 0 Å². The molecule has 2 atom stereocenters. The van der Waals surface area contributed by atoms with Crippen LogP contribution in [0.5, 0.6) is 0 Å². The first-order valence-electron chi connectivity index (χ1n) is 6.37. The zero-order chi connectivity index (χ0) is 13.3. The lowest BCUT2D eigenvalue weighted by Crippen LogP contribution is -2.41. The van der Waals surface area contributed by atoms with E-state index in [-0.39, 0.29) is 12.1 Å². The highest BCUT2D eigenvalue weighted by Crippen LogP contribution is 1.97. The molecule has 0 heterocycles. The van der Waals surface area contributed by atoms with Gasteiger partial charge in [-0.05, 0) is 33.7 Å². The molecule has 0 aliphatic rings. The van der Waals surface area contributed by atoms with Crippen molar-refractivity contribution in [2.24, 2.45) is 0 Å². The fourth-order valence-corrected chi connectivity index (χ4v) is 1.33. The first-order chi connectivity index (χ1) is 7.97. The molecule has 5 heteroatoms. The molecule has 3 N–H and O–H groups in total. The fraction of sp³-hybridized carbons (Fsp3) is 0.917. The molecule has 0 aliphatic heterocycles. The van der Waals surface area contributed by atoms with Gasteiger partial charge in [0.2, 0.25) is 0 Å². The van der Waals surface area contributed by atoms with Crippen molar-refractivity contribution >= 4 is 6.03 Å². The molecular formula is C12H27N3O2. The van der Waals surface area contributed by atoms with Gasteiger partial charge in [-0.2, -0.15) is 0 Å². The highest BCUT2D eigenvalue weighted by molar-refractivity contribution is 5.73. The summed E-state index contributed by atoms with van der Waals surface area (Å²) < 4.78 is 0. The summed E-state index contributed by atoms with van der Waals surface area (Å²) in [6.07, 6.45) is 1.32. The van der Waals surface area contributed by atoms with E-state index >= 15 is 0 Å². The number of carbonyl (C=O) groups is 1. The Labute approximate surface area is 105 Å². The minimum absolute atomic E-state index is 0.164. The van der Waals surface area contributed by atoms with Gasteiger partial charge in [-0.1, -0.05) is 6.92 Å². The van der Waals surface area contributed by atoms with Gasteiger partial charge in [0.15, 0.2) is 0 Å². The Kier molecular flexibility index (Phi) is 8.80. The molecule has 0 bridgehead atoms. The third-order valence-corrected chi connectivity index (χ3v) is 2.94. The monoisotopic (exact) mass is 245 g/mol. The van der Waals surface area contributed by atoms with Crippen LogP contribution in [0, 0.1) is 0 Å². The summed E-state index contributed by atoms with van der Waals surface area (Å²) in [5.74, 6) is 0. The number of aliphatic hydroxyl groups excluding tert-OH is 1. The van der Waals surface area contributed by atoms with Crippen LogP contribution in [0.2, 0.25) is 0 Å². The highest BCUT2D eigenvalue weighted by atomic mass is 16.3. The molecule has 0 rings (SSSR count). The maximum absolute atomic E-state index is 11.3. The van der Waals surface area contributed by atoms with Gasteiger partial charge in [-0.15, -0.1) is 0 Å². The molecular weight excluding hydrogens is 218 g/mol. The number of amides is 2. The Bertz CT molecular complexity index is 210. The molecule has 0 aliphatic carbocycles. The van der Waals surface area contributed by atoms with Gasteiger partial charge in [-0.25, -0.2) is 4.79 Å². The first kappa shape index (κ1) is 16.2. The van der Waals surface area contributed by atoms with Crippen molar-refractivity contribution < 1.29 is 9.90 Å². The first-order valence-corrected chi connectivity index (χ1v) is 6.37. The van der Waals surface area contributed by atoms with Crippen LogP contribution in [0.3, 0.4) is 0 Å². The number of aliphatic hydroxyl groups is 1. The average molecular weight is 245 g/mol. The predicted molar refractivity (Wildman–Crippen MR) is 70.1 cm³/mol. The zero-order valence-corrected chi connectivity index (χ0v) is 11.5. The van der Waals surface area contributed by atoms with Gasteiger partial charge in [0.05, 0.1) is 6.10 Å². The van der Waals surface area contributed by atoms with E-state index in [4.69, 9.17) is 5.11 Å².